The molecule has 1 saturated heterocycles. The van der Waals surface area contributed by atoms with Gasteiger partial charge >= 0.3 is 0 Å². The molecule has 3 heterocycles. The van der Waals surface area contributed by atoms with Crippen LogP contribution in [0.15, 0.2) is 53.7 Å². The van der Waals surface area contributed by atoms with Crippen molar-refractivity contribution in [3.05, 3.63) is 66.0 Å². The number of benzene rings is 2. The van der Waals surface area contributed by atoms with Gasteiger partial charge in [-0.1, -0.05) is 24.3 Å². The third kappa shape index (κ3) is 6.36. The number of carbonyl (C=O) groups is 1. The van der Waals surface area contributed by atoms with Crippen LogP contribution in [-0.4, -0.2) is 97.2 Å². The highest BCUT2D eigenvalue weighted by Crippen LogP contribution is 2.32. The number of nitrogens with one attached hydrogen (secondary N) is 2. The third-order valence-corrected chi connectivity index (χ3v) is 9.41. The summed E-state index contributed by atoms with van der Waals surface area (Å²) >= 11 is 0. The Bertz CT molecular complexity index is 1790. The summed E-state index contributed by atoms with van der Waals surface area (Å²) in [6.07, 6.45) is 3.62. The number of hydrogen-bond acceptors (Lipinski definition) is 9. The van der Waals surface area contributed by atoms with Crippen LogP contribution in [-0.2, 0) is 25.8 Å². The Morgan fingerprint density at radius 1 is 1.16 bits per heavy atom. The molecule has 2 aromatic carbocycles. The summed E-state index contributed by atoms with van der Waals surface area (Å²) in [7, 11) is -0.124. The predicted octanol–water partition coefficient (Wildman–Crippen LogP) is 4.20. The first-order chi connectivity index (χ1) is 20.9. The lowest BCUT2D eigenvalue weighted by Gasteiger charge is -2.45. The van der Waals surface area contributed by atoms with Crippen LogP contribution in [0.5, 0.6) is 0 Å². The van der Waals surface area contributed by atoms with E-state index in [-0.39, 0.29) is 36.1 Å². The standard InChI is InChI=1S/C31H36F2N6O4S/c1-18-15-39(16-19(2)38(18)3)25(17-43-4)26(40)12-20-8-6-9-21-22(13-34-29(20)21)30-23(32)14-35-31(37-30)36-24-10-7-11-27(28(24)33)44(5,41)42/h6-11,13-14,18-19,25,34H,12,15-17H2,1-5H3,(H,35,36,37)/t18-,19-,25-/m0/s1. The van der Waals surface area contributed by atoms with Gasteiger partial charge in [0.1, 0.15) is 10.6 Å². The number of H-pyrrole nitrogens is 1. The first-order valence-electron chi connectivity index (χ1n) is 14.2. The van der Waals surface area contributed by atoms with Crippen LogP contribution < -0.4 is 5.32 Å². The molecule has 0 unspecified atom stereocenters. The molecule has 4 aromatic rings. The Morgan fingerprint density at radius 2 is 1.86 bits per heavy atom. The highest BCUT2D eigenvalue weighted by molar-refractivity contribution is 7.90. The molecule has 1 fully saturated rings. The minimum Gasteiger partial charge on any atom is -0.383 e. The number of Topliss-reactive ketones (excluding diaryl/α,β-unsaturated/α-hetero) is 1. The molecule has 0 radical (unpaired) electrons. The van der Waals surface area contributed by atoms with E-state index in [0.29, 0.717) is 28.6 Å². The van der Waals surface area contributed by atoms with Crippen molar-refractivity contribution in [1.82, 2.24) is 24.8 Å². The zero-order valence-electron chi connectivity index (χ0n) is 25.3. The summed E-state index contributed by atoms with van der Waals surface area (Å²) < 4.78 is 59.4. The second kappa shape index (κ2) is 12.7. The molecule has 13 heteroatoms. The highest BCUT2D eigenvalue weighted by Gasteiger charge is 2.34. The number of anilines is 2. The molecule has 1 aliphatic heterocycles. The minimum atomic E-state index is -3.81. The maximum absolute atomic E-state index is 15.1. The van der Waals surface area contributed by atoms with Crippen molar-refractivity contribution >= 4 is 38.2 Å². The number of sulfone groups is 1. The fourth-order valence-corrected chi connectivity index (χ4v) is 6.52. The number of fused-ring (bicyclic) bond motifs is 1. The molecule has 2 aromatic heterocycles. The first-order valence-corrected chi connectivity index (χ1v) is 16.1. The second-order valence-electron chi connectivity index (χ2n) is 11.4. The fraction of sp³-hybridized carbons (Fsp3) is 0.387. The van der Waals surface area contributed by atoms with Crippen LogP contribution in [0.3, 0.4) is 0 Å². The number of halogens is 2. The summed E-state index contributed by atoms with van der Waals surface area (Å²) in [6, 6.07) is 9.53. The van der Waals surface area contributed by atoms with Gasteiger partial charge in [0.05, 0.1) is 24.5 Å². The van der Waals surface area contributed by atoms with Crippen LogP contribution in [0.4, 0.5) is 20.4 Å². The monoisotopic (exact) mass is 626 g/mol. The number of likely N-dealkylation sites (N-methyl/N-ethyl adjacent to an activating group) is 1. The molecule has 44 heavy (non-hydrogen) atoms. The second-order valence-corrected chi connectivity index (χ2v) is 13.4. The number of carbonyl (C=O) groups excluding carboxylic acids is 1. The van der Waals surface area contributed by atoms with E-state index in [1.165, 1.54) is 12.1 Å². The summed E-state index contributed by atoms with van der Waals surface area (Å²) in [5.41, 5.74) is 1.64. The van der Waals surface area contributed by atoms with Gasteiger partial charge in [0.2, 0.25) is 5.95 Å². The Kier molecular flexibility index (Phi) is 9.12. The van der Waals surface area contributed by atoms with Crippen LogP contribution in [0.1, 0.15) is 19.4 Å². The van der Waals surface area contributed by atoms with E-state index in [1.807, 2.05) is 6.07 Å². The molecule has 0 amide bonds. The lowest BCUT2D eigenvalue weighted by atomic mass is 9.98. The number of ether oxygens (including phenoxy) is 1. The van der Waals surface area contributed by atoms with E-state index >= 15 is 4.39 Å². The van der Waals surface area contributed by atoms with Crippen LogP contribution in [0.25, 0.3) is 22.2 Å². The number of rotatable bonds is 10. The largest absolute Gasteiger partial charge is 0.383 e. The number of para-hydroxylation sites is 1. The molecule has 10 nitrogen and oxygen atoms in total. The van der Waals surface area contributed by atoms with E-state index in [2.05, 4.69) is 51.0 Å². The van der Waals surface area contributed by atoms with Crippen molar-refractivity contribution in [3.8, 4) is 11.3 Å². The zero-order valence-corrected chi connectivity index (χ0v) is 26.1. The van der Waals surface area contributed by atoms with E-state index in [9.17, 15) is 17.6 Å². The average Bonchev–Trinajstić information content (AvgIpc) is 3.40. The lowest BCUT2D eigenvalue weighted by molar-refractivity contribution is -0.127. The molecule has 2 N–H and O–H groups in total. The van der Waals surface area contributed by atoms with Gasteiger partial charge < -0.3 is 15.0 Å². The zero-order chi connectivity index (χ0) is 31.8. The van der Waals surface area contributed by atoms with Crippen molar-refractivity contribution < 1.29 is 26.7 Å². The Morgan fingerprint density at radius 3 is 2.55 bits per heavy atom. The summed E-state index contributed by atoms with van der Waals surface area (Å²) in [6.45, 7) is 6.08. The molecular weight excluding hydrogens is 590 g/mol. The highest BCUT2D eigenvalue weighted by atomic mass is 32.2. The summed E-state index contributed by atoms with van der Waals surface area (Å²) in [5, 5.41) is 3.31. The normalized spacial score (nSPS) is 18.9. The smallest absolute Gasteiger partial charge is 0.228 e. The number of nitrogens with zero attached hydrogens (tertiary/aromatic N) is 4. The predicted molar refractivity (Wildman–Crippen MR) is 165 cm³/mol. The van der Waals surface area contributed by atoms with Gasteiger partial charge in [-0.25, -0.2) is 27.2 Å². The number of hydrogen-bond donors (Lipinski definition) is 2. The van der Waals surface area contributed by atoms with Crippen molar-refractivity contribution in [2.75, 3.05) is 45.4 Å². The molecule has 5 rings (SSSR count). The van der Waals surface area contributed by atoms with Crippen molar-refractivity contribution in [2.45, 2.75) is 43.3 Å². The Hall–Kier alpha value is -3.78. The van der Waals surface area contributed by atoms with Crippen LogP contribution in [0.2, 0.25) is 0 Å². The summed E-state index contributed by atoms with van der Waals surface area (Å²) in [5.74, 6) is -1.79. The first kappa shape index (κ1) is 31.6. The van der Waals surface area contributed by atoms with Gasteiger partial charge in [0, 0.05) is 67.6 Å². The topological polar surface area (TPSA) is 121 Å². The molecule has 234 valence electrons. The lowest BCUT2D eigenvalue weighted by Crippen LogP contribution is -2.60. The molecule has 0 bridgehead atoms. The van der Waals surface area contributed by atoms with Crippen molar-refractivity contribution in [1.29, 1.82) is 0 Å². The van der Waals surface area contributed by atoms with E-state index in [1.54, 1.807) is 25.4 Å². The quantitative estimate of drug-likeness (QED) is 0.267. The molecular formula is C31H36F2N6O4S. The van der Waals surface area contributed by atoms with E-state index < -0.39 is 32.4 Å². The van der Waals surface area contributed by atoms with Gasteiger partial charge in [-0.05, 0) is 38.6 Å². The third-order valence-electron chi connectivity index (χ3n) is 8.30. The number of aromatic nitrogens is 3. The SMILES string of the molecule is COC[C@@H](C(=O)Cc1cccc2c(-c3nc(Nc4cccc(S(C)(=O)=O)c4F)ncc3F)c[nH]c12)N1C[C@H](C)N(C)[C@@H](C)C1. The maximum atomic E-state index is 15.1. The maximum Gasteiger partial charge on any atom is 0.228 e. The number of piperazine rings is 1. The fourth-order valence-electron chi connectivity index (χ4n) is 5.76. The van der Waals surface area contributed by atoms with Crippen LogP contribution in [0, 0.1) is 11.6 Å². The van der Waals surface area contributed by atoms with Crippen molar-refractivity contribution in [2.24, 2.45) is 0 Å². The average molecular weight is 627 g/mol. The van der Waals surface area contributed by atoms with Gasteiger partial charge in [0.15, 0.2) is 27.3 Å². The Balaban J connectivity index is 1.43. The van der Waals surface area contributed by atoms with E-state index in [0.717, 1.165) is 37.2 Å². The number of aromatic amines is 1. The molecule has 1 aliphatic rings. The number of ketones is 1. The van der Waals surface area contributed by atoms with Gasteiger partial charge in [-0.15, -0.1) is 0 Å². The molecule has 0 aliphatic carbocycles. The molecule has 0 spiro atoms. The van der Waals surface area contributed by atoms with E-state index in [4.69, 9.17) is 4.74 Å². The minimum absolute atomic E-state index is 0.0255. The molecule has 3 atom stereocenters. The number of methoxy groups -OCH3 is 1. The molecule has 0 saturated carbocycles. The van der Waals surface area contributed by atoms with Crippen molar-refractivity contribution in [3.63, 3.8) is 0 Å². The van der Waals surface area contributed by atoms with Gasteiger partial charge in [-0.3, -0.25) is 14.6 Å². The Labute approximate surface area is 255 Å². The van der Waals surface area contributed by atoms with Gasteiger partial charge in [-0.2, -0.15) is 0 Å². The van der Waals surface area contributed by atoms with Gasteiger partial charge in [0.25, 0.3) is 0 Å². The summed E-state index contributed by atoms with van der Waals surface area (Å²) in [4.78, 5) is 29.1. The van der Waals surface area contributed by atoms with Crippen LogP contribution >= 0.6 is 0 Å².